The normalized spacial score (nSPS) is 37.8. The number of rotatable bonds is 2. The van der Waals surface area contributed by atoms with Crippen molar-refractivity contribution in [3.05, 3.63) is 0 Å². The van der Waals surface area contributed by atoms with Crippen molar-refractivity contribution >= 4 is 11.9 Å². The van der Waals surface area contributed by atoms with Crippen molar-refractivity contribution in [2.75, 3.05) is 6.54 Å². The van der Waals surface area contributed by atoms with Gasteiger partial charge in [-0.25, -0.2) is 4.79 Å². The van der Waals surface area contributed by atoms with Crippen molar-refractivity contribution in [1.29, 1.82) is 0 Å². The highest BCUT2D eigenvalue weighted by Crippen LogP contribution is 2.61. The lowest BCUT2D eigenvalue weighted by Gasteiger charge is -2.61. The van der Waals surface area contributed by atoms with Crippen molar-refractivity contribution in [3.8, 4) is 0 Å². The van der Waals surface area contributed by atoms with Crippen LogP contribution in [0.1, 0.15) is 67.2 Å². The first-order valence-corrected chi connectivity index (χ1v) is 9.55. The number of amides is 1. The highest BCUT2D eigenvalue weighted by molar-refractivity contribution is 5.88. The molecule has 0 aromatic heterocycles. The molecule has 24 heavy (non-hydrogen) atoms. The van der Waals surface area contributed by atoms with Gasteiger partial charge >= 0.3 is 5.97 Å². The maximum Gasteiger partial charge on any atom is 0.329 e. The van der Waals surface area contributed by atoms with Crippen molar-refractivity contribution in [3.63, 3.8) is 0 Å². The Morgan fingerprint density at radius 3 is 2.38 bits per heavy atom. The number of esters is 1. The SMILES string of the molecule is C[C@H]1[C@H]2C[C@H](C[C@H]1OC(=O)[C@@H]1CCCN1C(=O)C(C)(C)C)C2(C)C. The Labute approximate surface area is 146 Å². The molecule has 3 aliphatic carbocycles. The van der Waals surface area contributed by atoms with Gasteiger partial charge in [-0.05, 0) is 48.9 Å². The second-order valence-electron chi connectivity index (χ2n) is 9.84. The molecule has 2 bridgehead atoms. The van der Waals surface area contributed by atoms with Crippen LogP contribution in [0.5, 0.6) is 0 Å². The molecule has 1 saturated heterocycles. The van der Waals surface area contributed by atoms with Crippen LogP contribution in [0.4, 0.5) is 0 Å². The minimum absolute atomic E-state index is 0.0291. The summed E-state index contributed by atoms with van der Waals surface area (Å²) in [4.78, 5) is 27.1. The van der Waals surface area contributed by atoms with E-state index in [4.69, 9.17) is 4.74 Å². The first-order chi connectivity index (χ1) is 11.0. The minimum Gasteiger partial charge on any atom is -0.461 e. The van der Waals surface area contributed by atoms with Gasteiger partial charge in [0.15, 0.2) is 0 Å². The first kappa shape index (κ1) is 17.8. The molecule has 0 aromatic rings. The van der Waals surface area contributed by atoms with Crippen molar-refractivity contribution in [1.82, 2.24) is 4.90 Å². The second kappa shape index (κ2) is 5.74. The largest absolute Gasteiger partial charge is 0.461 e. The summed E-state index contributed by atoms with van der Waals surface area (Å²) in [6.07, 6.45) is 3.91. The average molecular weight is 335 g/mol. The van der Waals surface area contributed by atoms with Crippen molar-refractivity contribution in [2.24, 2.45) is 28.6 Å². The van der Waals surface area contributed by atoms with Crippen LogP contribution >= 0.6 is 0 Å². The van der Waals surface area contributed by atoms with E-state index in [0.29, 0.717) is 29.7 Å². The van der Waals surface area contributed by atoms with Gasteiger partial charge < -0.3 is 9.64 Å². The van der Waals surface area contributed by atoms with Crippen LogP contribution in [0.2, 0.25) is 0 Å². The monoisotopic (exact) mass is 335 g/mol. The first-order valence-electron chi connectivity index (χ1n) is 9.55. The molecule has 0 unspecified atom stereocenters. The fraction of sp³-hybridized carbons (Fsp3) is 0.900. The zero-order chi connectivity index (χ0) is 17.9. The van der Waals surface area contributed by atoms with Gasteiger partial charge in [0.25, 0.3) is 0 Å². The fourth-order valence-corrected chi connectivity index (χ4v) is 5.17. The van der Waals surface area contributed by atoms with E-state index in [1.165, 1.54) is 6.42 Å². The Morgan fingerprint density at radius 1 is 1.17 bits per heavy atom. The molecule has 4 rings (SSSR count). The molecule has 4 nitrogen and oxygen atoms in total. The number of carbonyl (C=O) groups excluding carboxylic acids is 2. The summed E-state index contributed by atoms with van der Waals surface area (Å²) in [7, 11) is 0. The summed E-state index contributed by atoms with van der Waals surface area (Å²) in [6, 6.07) is -0.379. The van der Waals surface area contributed by atoms with Gasteiger partial charge in [-0.15, -0.1) is 0 Å². The fourth-order valence-electron chi connectivity index (χ4n) is 5.17. The number of hydrogen-bond acceptors (Lipinski definition) is 3. The smallest absolute Gasteiger partial charge is 0.329 e. The van der Waals surface area contributed by atoms with Gasteiger partial charge in [0, 0.05) is 12.0 Å². The zero-order valence-electron chi connectivity index (χ0n) is 16.1. The van der Waals surface area contributed by atoms with Crippen LogP contribution in [0.15, 0.2) is 0 Å². The van der Waals surface area contributed by atoms with Crippen LogP contribution in [0.25, 0.3) is 0 Å². The van der Waals surface area contributed by atoms with E-state index in [9.17, 15) is 9.59 Å². The number of likely N-dealkylation sites (tertiary alicyclic amines) is 1. The molecule has 1 aliphatic heterocycles. The minimum atomic E-state index is -0.452. The summed E-state index contributed by atoms with van der Waals surface area (Å²) in [5, 5.41) is 0. The van der Waals surface area contributed by atoms with E-state index in [1.807, 2.05) is 20.8 Å². The van der Waals surface area contributed by atoms with Crippen molar-refractivity contribution in [2.45, 2.75) is 79.4 Å². The van der Waals surface area contributed by atoms with Crippen molar-refractivity contribution < 1.29 is 14.3 Å². The van der Waals surface area contributed by atoms with Crippen LogP contribution < -0.4 is 0 Å². The molecular weight excluding hydrogens is 302 g/mol. The Morgan fingerprint density at radius 2 is 1.83 bits per heavy atom. The lowest BCUT2D eigenvalue weighted by Crippen LogP contribution is -2.58. The molecular formula is C20H33NO3. The predicted octanol–water partition coefficient (Wildman–Crippen LogP) is 3.64. The Hall–Kier alpha value is -1.06. The van der Waals surface area contributed by atoms with Crippen LogP contribution in [0, 0.1) is 28.6 Å². The zero-order valence-corrected chi connectivity index (χ0v) is 16.1. The topological polar surface area (TPSA) is 46.6 Å². The molecule has 136 valence electrons. The third kappa shape index (κ3) is 2.76. The maximum absolute atomic E-state index is 12.8. The predicted molar refractivity (Wildman–Crippen MR) is 93.2 cm³/mol. The van der Waals surface area contributed by atoms with Crippen LogP contribution in [0.3, 0.4) is 0 Å². The third-order valence-electron chi connectivity index (χ3n) is 6.98. The standard InChI is InChI=1S/C20H33NO3/c1-12-14-10-13(20(14,5)6)11-16(12)24-17(22)15-8-7-9-21(15)18(23)19(2,3)4/h12-16H,7-11H2,1-6H3/t12-,13+,14+,15-,16+/m0/s1. The number of fused-ring (bicyclic) bond motifs is 2. The van der Waals surface area contributed by atoms with E-state index in [0.717, 1.165) is 19.3 Å². The molecule has 5 atom stereocenters. The molecule has 0 N–H and O–H groups in total. The molecule has 4 aliphatic rings. The number of carbonyl (C=O) groups is 2. The summed E-state index contributed by atoms with van der Waals surface area (Å²) in [6.45, 7) is 13.3. The number of hydrogen-bond donors (Lipinski definition) is 0. The maximum atomic E-state index is 12.8. The Balaban J connectivity index is 1.64. The Bertz CT molecular complexity index is 533. The van der Waals surface area contributed by atoms with E-state index in [1.54, 1.807) is 4.90 Å². The molecule has 1 heterocycles. The summed E-state index contributed by atoms with van der Waals surface area (Å²) in [5.41, 5.74) is -0.0590. The molecule has 0 aromatic carbocycles. The average Bonchev–Trinajstić information content (AvgIpc) is 2.96. The van der Waals surface area contributed by atoms with Gasteiger partial charge in [-0.3, -0.25) is 4.79 Å². The van der Waals surface area contributed by atoms with Gasteiger partial charge in [0.2, 0.25) is 5.91 Å². The van der Waals surface area contributed by atoms with Gasteiger partial charge in [-0.1, -0.05) is 41.5 Å². The summed E-state index contributed by atoms with van der Waals surface area (Å²) >= 11 is 0. The van der Waals surface area contributed by atoms with Gasteiger partial charge in [0.05, 0.1) is 0 Å². The Kier molecular flexibility index (Phi) is 4.25. The second-order valence-corrected chi connectivity index (χ2v) is 9.84. The van der Waals surface area contributed by atoms with Crippen LogP contribution in [-0.4, -0.2) is 35.5 Å². The highest BCUT2D eigenvalue weighted by Gasteiger charge is 2.57. The van der Waals surface area contributed by atoms with Crippen LogP contribution in [-0.2, 0) is 14.3 Å². The number of nitrogens with zero attached hydrogens (tertiary/aromatic N) is 1. The molecule has 0 spiro atoms. The molecule has 0 radical (unpaired) electrons. The van der Waals surface area contributed by atoms with E-state index >= 15 is 0 Å². The lowest BCUT2D eigenvalue weighted by atomic mass is 9.45. The molecule has 4 heteroatoms. The quantitative estimate of drug-likeness (QED) is 0.724. The van der Waals surface area contributed by atoms with E-state index < -0.39 is 5.41 Å². The van der Waals surface area contributed by atoms with E-state index in [-0.39, 0.29) is 24.0 Å². The third-order valence-corrected chi connectivity index (χ3v) is 6.98. The molecule has 3 saturated carbocycles. The number of ether oxygens (including phenoxy) is 1. The highest BCUT2D eigenvalue weighted by atomic mass is 16.5. The van der Waals surface area contributed by atoms with E-state index in [2.05, 4.69) is 20.8 Å². The molecule has 4 fully saturated rings. The summed E-state index contributed by atoms with van der Waals surface area (Å²) in [5.74, 6) is 1.63. The summed E-state index contributed by atoms with van der Waals surface area (Å²) < 4.78 is 5.94. The van der Waals surface area contributed by atoms with Gasteiger partial charge in [0.1, 0.15) is 12.1 Å². The lowest BCUT2D eigenvalue weighted by molar-refractivity contribution is -0.190. The molecule has 1 amide bonds. The van der Waals surface area contributed by atoms with Gasteiger partial charge in [-0.2, -0.15) is 0 Å².